The van der Waals surface area contributed by atoms with Gasteiger partial charge in [-0.15, -0.1) is 0 Å². The zero-order valence-electron chi connectivity index (χ0n) is 12.1. The highest BCUT2D eigenvalue weighted by Crippen LogP contribution is 2.35. The van der Waals surface area contributed by atoms with Crippen LogP contribution in [-0.2, 0) is 0 Å². The van der Waals surface area contributed by atoms with Crippen LogP contribution < -0.4 is 0 Å². The van der Waals surface area contributed by atoms with E-state index in [0.717, 1.165) is 17.7 Å². The molecule has 1 aliphatic rings. The van der Waals surface area contributed by atoms with E-state index < -0.39 is 0 Å². The summed E-state index contributed by atoms with van der Waals surface area (Å²) in [6, 6.07) is 10.5. The Bertz CT molecular complexity index is 650. The van der Waals surface area contributed by atoms with E-state index in [4.69, 9.17) is 0 Å². The van der Waals surface area contributed by atoms with E-state index in [1.54, 1.807) is 42.4 Å². The smallest absolute Gasteiger partial charge is 0.255 e. The lowest BCUT2D eigenvalue weighted by molar-refractivity contribution is 0.0766. The quantitative estimate of drug-likeness (QED) is 0.849. The summed E-state index contributed by atoms with van der Waals surface area (Å²) in [4.78, 5) is 18.3. The van der Waals surface area contributed by atoms with E-state index in [1.807, 2.05) is 17.0 Å². The normalized spacial score (nSPS) is 18.8. The van der Waals surface area contributed by atoms with Gasteiger partial charge in [-0.3, -0.25) is 9.78 Å². The highest BCUT2D eigenvalue weighted by Gasteiger charge is 2.24. The molecule has 1 saturated heterocycles. The predicted octanol–water partition coefficient (Wildman–Crippen LogP) is 3.54. The first-order valence-corrected chi connectivity index (χ1v) is 8.36. The van der Waals surface area contributed by atoms with Gasteiger partial charge in [-0.1, -0.05) is 18.2 Å². The lowest BCUT2D eigenvalue weighted by atomic mass is 10.1. The average Bonchev–Trinajstić information content (AvgIpc) is 2.81. The summed E-state index contributed by atoms with van der Waals surface area (Å²) >= 11 is 1.72. The van der Waals surface area contributed by atoms with E-state index in [1.165, 1.54) is 6.07 Å². The van der Waals surface area contributed by atoms with Crippen molar-refractivity contribution in [3.8, 4) is 0 Å². The van der Waals surface area contributed by atoms with Crippen LogP contribution in [0.2, 0.25) is 0 Å². The molecule has 3 nitrogen and oxygen atoms in total. The number of benzene rings is 1. The minimum atomic E-state index is -0.160. The molecule has 1 aliphatic heterocycles. The van der Waals surface area contributed by atoms with Gasteiger partial charge >= 0.3 is 0 Å². The number of pyridine rings is 1. The number of rotatable bonds is 2. The largest absolute Gasteiger partial charge is 0.338 e. The van der Waals surface area contributed by atoms with Crippen molar-refractivity contribution in [2.75, 3.05) is 18.8 Å². The summed E-state index contributed by atoms with van der Waals surface area (Å²) in [5, 5.41) is 0.105. The van der Waals surface area contributed by atoms with Crippen LogP contribution in [0.25, 0.3) is 0 Å². The number of carbonyl (C=O) groups excluding carboxylic acids is 1. The Kier molecular flexibility index (Phi) is 4.73. The van der Waals surface area contributed by atoms with Crippen LogP contribution in [0, 0.1) is 5.82 Å². The molecular weight excluding hydrogens is 299 g/mol. The molecule has 22 heavy (non-hydrogen) atoms. The van der Waals surface area contributed by atoms with E-state index in [0.29, 0.717) is 18.7 Å². The molecule has 5 heteroatoms. The number of nitrogens with zero attached hydrogens (tertiary/aromatic N) is 2. The van der Waals surface area contributed by atoms with Crippen molar-refractivity contribution in [1.29, 1.82) is 0 Å². The third kappa shape index (κ3) is 3.30. The Morgan fingerprint density at radius 1 is 1.23 bits per heavy atom. The van der Waals surface area contributed by atoms with Crippen LogP contribution in [0.4, 0.5) is 4.39 Å². The second-order valence-electron chi connectivity index (χ2n) is 5.20. The van der Waals surface area contributed by atoms with Crippen LogP contribution in [0.1, 0.15) is 27.6 Å². The highest BCUT2D eigenvalue weighted by atomic mass is 32.2. The van der Waals surface area contributed by atoms with E-state index in [-0.39, 0.29) is 17.0 Å². The molecule has 2 heterocycles. The lowest BCUT2D eigenvalue weighted by Crippen LogP contribution is -2.33. The summed E-state index contributed by atoms with van der Waals surface area (Å²) in [6.07, 6.45) is 4.01. The van der Waals surface area contributed by atoms with Crippen molar-refractivity contribution in [1.82, 2.24) is 9.88 Å². The maximum atomic E-state index is 13.9. The van der Waals surface area contributed by atoms with Crippen molar-refractivity contribution < 1.29 is 9.18 Å². The number of carbonyl (C=O) groups is 1. The number of aromatic nitrogens is 1. The molecule has 114 valence electrons. The molecule has 0 aliphatic carbocycles. The molecule has 1 unspecified atom stereocenters. The van der Waals surface area contributed by atoms with Crippen LogP contribution in [-0.4, -0.2) is 34.6 Å². The molecule has 1 aromatic carbocycles. The van der Waals surface area contributed by atoms with Crippen molar-refractivity contribution in [3.63, 3.8) is 0 Å². The van der Waals surface area contributed by atoms with Gasteiger partial charge in [0, 0.05) is 42.0 Å². The molecule has 0 radical (unpaired) electrons. The third-order valence-electron chi connectivity index (χ3n) is 3.79. The molecule has 0 saturated carbocycles. The fourth-order valence-electron chi connectivity index (χ4n) is 2.63. The van der Waals surface area contributed by atoms with Gasteiger partial charge in [-0.05, 0) is 24.6 Å². The molecule has 0 N–H and O–H groups in total. The molecule has 0 bridgehead atoms. The second kappa shape index (κ2) is 6.92. The van der Waals surface area contributed by atoms with Crippen LogP contribution >= 0.6 is 11.8 Å². The molecular formula is C17H17FN2OS. The van der Waals surface area contributed by atoms with Crippen LogP contribution in [0.3, 0.4) is 0 Å². The molecule has 0 spiro atoms. The lowest BCUT2D eigenvalue weighted by Gasteiger charge is -2.20. The van der Waals surface area contributed by atoms with Gasteiger partial charge in [-0.2, -0.15) is 11.8 Å². The van der Waals surface area contributed by atoms with Crippen molar-refractivity contribution in [2.24, 2.45) is 0 Å². The Morgan fingerprint density at radius 2 is 2.09 bits per heavy atom. The van der Waals surface area contributed by atoms with Gasteiger partial charge in [0.25, 0.3) is 5.91 Å². The monoisotopic (exact) mass is 316 g/mol. The van der Waals surface area contributed by atoms with E-state index in [9.17, 15) is 9.18 Å². The first-order chi connectivity index (χ1) is 10.8. The Hall–Kier alpha value is -1.88. The molecule has 1 aromatic heterocycles. The van der Waals surface area contributed by atoms with Gasteiger partial charge in [-0.25, -0.2) is 4.39 Å². The topological polar surface area (TPSA) is 33.2 Å². The molecule has 1 fully saturated rings. The Labute approximate surface area is 133 Å². The predicted molar refractivity (Wildman–Crippen MR) is 86.4 cm³/mol. The average molecular weight is 316 g/mol. The van der Waals surface area contributed by atoms with E-state index in [2.05, 4.69) is 4.98 Å². The number of thioether (sulfide) groups is 1. The third-order valence-corrected chi connectivity index (χ3v) is 5.10. The van der Waals surface area contributed by atoms with Gasteiger partial charge in [0.1, 0.15) is 5.82 Å². The van der Waals surface area contributed by atoms with Gasteiger partial charge in [0.2, 0.25) is 0 Å². The fourth-order valence-corrected chi connectivity index (χ4v) is 3.88. The van der Waals surface area contributed by atoms with Gasteiger partial charge in [0.05, 0.1) is 5.56 Å². The minimum Gasteiger partial charge on any atom is -0.338 e. The van der Waals surface area contributed by atoms with Crippen molar-refractivity contribution >= 4 is 17.7 Å². The molecule has 1 atom stereocenters. The number of hydrogen-bond acceptors (Lipinski definition) is 3. The summed E-state index contributed by atoms with van der Waals surface area (Å²) in [7, 11) is 0. The number of halogens is 1. The van der Waals surface area contributed by atoms with Crippen LogP contribution in [0.5, 0.6) is 0 Å². The van der Waals surface area contributed by atoms with E-state index >= 15 is 0 Å². The second-order valence-corrected chi connectivity index (χ2v) is 6.51. The zero-order chi connectivity index (χ0) is 15.4. The minimum absolute atomic E-state index is 0.00267. The first-order valence-electron chi connectivity index (χ1n) is 7.31. The first kappa shape index (κ1) is 15.0. The van der Waals surface area contributed by atoms with Crippen molar-refractivity contribution in [3.05, 3.63) is 65.7 Å². The maximum Gasteiger partial charge on any atom is 0.255 e. The standard InChI is InChI=1S/C17H17FN2OS/c18-15-6-2-1-5-14(15)16-7-9-20(10-11-22-16)17(21)13-4-3-8-19-12-13/h1-6,8,12,16H,7,9-11H2. The number of amides is 1. The molecule has 3 rings (SSSR count). The van der Waals surface area contributed by atoms with Gasteiger partial charge < -0.3 is 4.90 Å². The maximum absolute atomic E-state index is 13.9. The highest BCUT2D eigenvalue weighted by molar-refractivity contribution is 7.99. The number of hydrogen-bond donors (Lipinski definition) is 0. The summed E-state index contributed by atoms with van der Waals surface area (Å²) in [5.74, 6) is 0.653. The Morgan fingerprint density at radius 3 is 2.86 bits per heavy atom. The van der Waals surface area contributed by atoms with Crippen molar-refractivity contribution in [2.45, 2.75) is 11.7 Å². The van der Waals surface area contributed by atoms with Crippen LogP contribution in [0.15, 0.2) is 48.8 Å². The molecule has 2 aromatic rings. The SMILES string of the molecule is O=C(c1cccnc1)N1CCSC(c2ccccc2F)CC1. The summed E-state index contributed by atoms with van der Waals surface area (Å²) < 4.78 is 13.9. The summed E-state index contributed by atoms with van der Waals surface area (Å²) in [5.41, 5.74) is 1.35. The zero-order valence-corrected chi connectivity index (χ0v) is 12.9. The Balaban J connectivity index is 1.70. The fraction of sp³-hybridized carbons (Fsp3) is 0.294. The summed E-state index contributed by atoms with van der Waals surface area (Å²) in [6.45, 7) is 1.32. The molecule has 1 amide bonds. The van der Waals surface area contributed by atoms with Gasteiger partial charge in [0.15, 0.2) is 0 Å².